The molecule has 67 heavy (non-hydrogen) atoms. The van der Waals surface area contributed by atoms with Crippen LogP contribution in [0.15, 0.2) is 64.2 Å². The number of anilines is 2. The van der Waals surface area contributed by atoms with Crippen LogP contribution in [0.4, 0.5) is 10.9 Å². The number of pyridine rings is 1. The van der Waals surface area contributed by atoms with Gasteiger partial charge < -0.3 is 39.2 Å². The van der Waals surface area contributed by atoms with Gasteiger partial charge in [0.15, 0.2) is 22.8 Å². The van der Waals surface area contributed by atoms with Crippen molar-refractivity contribution < 1.29 is 28.8 Å². The number of hydrogen-bond donors (Lipinski definition) is 2. The smallest absolute Gasteiger partial charge is 0.355 e. The predicted octanol–water partition coefficient (Wildman–Crippen LogP) is 9.86. The third kappa shape index (κ3) is 10.3. The zero-order valence-electron chi connectivity index (χ0n) is 40.1. The number of carbonyl (C=O) groups is 1. The lowest BCUT2D eigenvalue weighted by atomic mass is 9.39. The molecule has 4 aliphatic carbocycles. The van der Waals surface area contributed by atoms with Crippen LogP contribution in [0.1, 0.15) is 95.2 Å². The van der Waals surface area contributed by atoms with Gasteiger partial charge in [0.1, 0.15) is 5.82 Å². The Labute approximate surface area is 412 Å². The van der Waals surface area contributed by atoms with Crippen molar-refractivity contribution in [1.29, 1.82) is 0 Å². The second-order valence-electron chi connectivity index (χ2n) is 21.2. The topological polar surface area (TPSA) is 161 Å². The first-order valence-corrected chi connectivity index (χ1v) is 26.4. The second-order valence-corrected chi connectivity index (χ2v) is 23.4. The molecule has 4 aromatic rings. The molecular formula is C50H68IN9O6S. The van der Waals surface area contributed by atoms with Crippen LogP contribution in [0.5, 0.6) is 0 Å². The maximum absolute atomic E-state index is 13.1. The number of fused-ring (bicyclic) bond motifs is 1. The highest BCUT2D eigenvalue weighted by Crippen LogP contribution is 2.72. The molecule has 10 rings (SSSR count). The first kappa shape index (κ1) is 48.4. The molecule has 1 aromatic carbocycles. The van der Waals surface area contributed by atoms with Crippen molar-refractivity contribution >= 4 is 61.1 Å². The number of aromatic nitrogens is 4. The van der Waals surface area contributed by atoms with E-state index < -0.39 is 5.97 Å². The van der Waals surface area contributed by atoms with E-state index in [1.54, 1.807) is 11.3 Å². The molecule has 3 unspecified atom stereocenters. The highest BCUT2D eigenvalue weighted by molar-refractivity contribution is 14.1. The van der Waals surface area contributed by atoms with Gasteiger partial charge in [-0.05, 0) is 111 Å². The summed E-state index contributed by atoms with van der Waals surface area (Å²) in [6.45, 7) is 19.0. The molecule has 5 heterocycles. The lowest BCUT2D eigenvalue weighted by Crippen LogP contribution is -2.64. The molecule has 0 spiro atoms. The minimum atomic E-state index is -1.08. The summed E-state index contributed by atoms with van der Waals surface area (Å²) in [6.07, 6.45) is 9.96. The highest BCUT2D eigenvalue weighted by Gasteiger charge is 2.66. The van der Waals surface area contributed by atoms with Crippen LogP contribution in [-0.2, 0) is 25.5 Å². The molecule has 0 saturated heterocycles. The summed E-state index contributed by atoms with van der Waals surface area (Å²) in [5, 5.41) is 29.6. The monoisotopic (exact) mass is 1050 g/mol. The Balaban J connectivity index is 0.856. The van der Waals surface area contributed by atoms with E-state index in [0.29, 0.717) is 57.6 Å². The number of thiazole rings is 1. The maximum Gasteiger partial charge on any atom is 0.355 e. The summed E-state index contributed by atoms with van der Waals surface area (Å²) in [7, 11) is 2.14. The molecule has 6 aliphatic rings. The van der Waals surface area contributed by atoms with Crippen LogP contribution in [0, 0.1) is 28.6 Å². The van der Waals surface area contributed by atoms with Gasteiger partial charge in [0.25, 0.3) is 0 Å². The number of likely N-dealkylation sites (N-methyl/N-ethyl adjacent to an activating group) is 1. The Morgan fingerprint density at radius 3 is 2.34 bits per heavy atom. The molecule has 4 saturated carbocycles. The number of carboxylic acids is 1. The number of azo groups is 1. The Hall–Kier alpha value is -3.59. The number of aromatic carboxylic acids is 1. The van der Waals surface area contributed by atoms with Crippen molar-refractivity contribution in [3.05, 3.63) is 65.4 Å². The van der Waals surface area contributed by atoms with E-state index in [1.165, 1.54) is 12.0 Å². The number of nitrogens with one attached hydrogen (secondary N) is 1. The first-order valence-electron chi connectivity index (χ1n) is 24.0. The van der Waals surface area contributed by atoms with Crippen LogP contribution in [0.2, 0.25) is 0 Å². The van der Waals surface area contributed by atoms with E-state index in [-0.39, 0.29) is 39.1 Å². The van der Waals surface area contributed by atoms with Crippen LogP contribution in [-0.4, -0.2) is 125 Å². The van der Waals surface area contributed by atoms with E-state index in [2.05, 4.69) is 85.2 Å². The molecule has 17 heteroatoms. The molecule has 4 fully saturated rings. The molecule has 362 valence electrons. The minimum absolute atomic E-state index is 0.00600. The van der Waals surface area contributed by atoms with Crippen LogP contribution in [0.3, 0.4) is 0 Å². The highest BCUT2D eigenvalue weighted by atomic mass is 127. The fourth-order valence-corrected chi connectivity index (χ4v) is 14.3. The normalized spacial score (nSPS) is 27.4. The largest absolute Gasteiger partial charge is 0.476 e. The van der Waals surface area contributed by atoms with E-state index >= 15 is 0 Å². The van der Waals surface area contributed by atoms with Gasteiger partial charge >= 0.3 is 5.97 Å². The average molecular weight is 1050 g/mol. The van der Waals surface area contributed by atoms with Crippen molar-refractivity contribution in [2.75, 3.05) is 87.6 Å². The maximum atomic E-state index is 13.1. The lowest BCUT2D eigenvalue weighted by molar-refractivity contribution is -0.248. The van der Waals surface area contributed by atoms with E-state index in [1.807, 2.05) is 41.4 Å². The van der Waals surface area contributed by atoms with E-state index in [0.717, 1.165) is 108 Å². The molecule has 4 bridgehead atoms. The number of ether oxygens (including phenoxy) is 4. The summed E-state index contributed by atoms with van der Waals surface area (Å²) in [6, 6.07) is 11.9. The van der Waals surface area contributed by atoms with Gasteiger partial charge in [-0.25, -0.2) is 14.8 Å². The van der Waals surface area contributed by atoms with Crippen molar-refractivity contribution in [1.82, 2.24) is 24.6 Å². The number of rotatable bonds is 22. The third-order valence-electron chi connectivity index (χ3n) is 15.0. The SMILES string of the molecule is Cc1c(-c2ccc(N3CCCC4=C3N=NC(Nc3nc5ccccc5s3)C4(C)C)nc2C(=O)O)cnn1CC12CC3(OCCN(C)CCOCCOCCOCCI)C[C@](C)(C1)C[C@](C)(C2)C3. The minimum Gasteiger partial charge on any atom is -0.476 e. The van der Waals surface area contributed by atoms with Crippen molar-refractivity contribution in [2.45, 2.75) is 104 Å². The average Bonchev–Trinajstić information content (AvgIpc) is 3.85. The van der Waals surface area contributed by atoms with Crippen LogP contribution < -0.4 is 10.2 Å². The van der Waals surface area contributed by atoms with Gasteiger partial charge in [-0.15, -0.1) is 5.11 Å². The number of alkyl halides is 1. The zero-order valence-corrected chi connectivity index (χ0v) is 43.1. The fraction of sp³-hybridized carbons (Fsp3) is 0.640. The molecular weight excluding hydrogens is 982 g/mol. The Bertz CT molecular complexity index is 2440. The molecule has 15 nitrogen and oxygen atoms in total. The quantitative estimate of drug-likeness (QED) is 0.0436. The first-order chi connectivity index (χ1) is 32.1. The number of para-hydroxylation sites is 1. The predicted molar refractivity (Wildman–Crippen MR) is 270 cm³/mol. The zero-order chi connectivity index (χ0) is 47.0. The molecule has 2 N–H and O–H groups in total. The van der Waals surface area contributed by atoms with E-state index in [4.69, 9.17) is 44.2 Å². The Morgan fingerprint density at radius 1 is 0.896 bits per heavy atom. The van der Waals surface area contributed by atoms with Gasteiger partial charge in [-0.1, -0.05) is 73.8 Å². The van der Waals surface area contributed by atoms with Crippen molar-refractivity contribution in [2.24, 2.45) is 31.9 Å². The summed E-state index contributed by atoms with van der Waals surface area (Å²) >= 11 is 3.91. The van der Waals surface area contributed by atoms with E-state index in [9.17, 15) is 9.90 Å². The van der Waals surface area contributed by atoms with Gasteiger partial charge in [0, 0.05) is 52.8 Å². The Kier molecular flexibility index (Phi) is 14.2. The molecule has 0 amide bonds. The Morgan fingerprint density at radius 2 is 1.61 bits per heavy atom. The number of carboxylic acid groups (broad SMARTS) is 1. The third-order valence-corrected chi connectivity index (χ3v) is 16.4. The summed E-state index contributed by atoms with van der Waals surface area (Å²) in [5.41, 5.74) is 4.31. The summed E-state index contributed by atoms with van der Waals surface area (Å²) < 4.78 is 28.2. The van der Waals surface area contributed by atoms with Crippen LogP contribution >= 0.6 is 33.9 Å². The summed E-state index contributed by atoms with van der Waals surface area (Å²) in [5.74, 6) is 0.224. The number of benzene rings is 1. The standard InChI is InChI=1S/C50H68IN9O6S/c1-34-36(35-13-14-40(54-41(35)43(61)62)59-16-9-10-37-42(59)56-57-44(46(37,2)3)55-45-53-38-11-7-8-12-39(38)67-45)26-52-60(34)33-49-28-47(4)27-48(5,29-49)31-50(30-47,32-49)66-21-18-58(6)17-20-64-23-25-65-24-22-63-19-15-51/h7-8,11-14,26,44H,9-10,15-25,27-33H2,1-6H3,(H,53,55)(H,61,62)/t44?,47-,48+,49?,50?. The second kappa shape index (κ2) is 19.7. The van der Waals surface area contributed by atoms with Crippen LogP contribution in [0.25, 0.3) is 21.3 Å². The number of nitrogens with zero attached hydrogens (tertiary/aromatic N) is 8. The molecule has 5 atom stereocenters. The van der Waals surface area contributed by atoms with Gasteiger partial charge in [-0.2, -0.15) is 10.2 Å². The summed E-state index contributed by atoms with van der Waals surface area (Å²) in [4.78, 5) is 27.1. The molecule has 3 aromatic heterocycles. The van der Waals surface area contributed by atoms with Crippen molar-refractivity contribution in [3.8, 4) is 11.1 Å². The molecule has 2 aliphatic heterocycles. The molecule has 0 radical (unpaired) electrons. The fourth-order valence-electron chi connectivity index (χ4n) is 13.1. The van der Waals surface area contributed by atoms with Crippen molar-refractivity contribution in [3.63, 3.8) is 0 Å². The van der Waals surface area contributed by atoms with Gasteiger partial charge in [-0.3, -0.25) is 4.68 Å². The lowest BCUT2D eigenvalue weighted by Gasteiger charge is -2.69. The number of hydrogen-bond acceptors (Lipinski definition) is 14. The number of halogens is 1. The van der Waals surface area contributed by atoms with Gasteiger partial charge in [0.2, 0.25) is 0 Å². The van der Waals surface area contributed by atoms with Gasteiger partial charge in [0.05, 0.1) is 68.3 Å².